The fourth-order valence-corrected chi connectivity index (χ4v) is 1.40. The van der Waals surface area contributed by atoms with Gasteiger partial charge < -0.3 is 4.90 Å². The van der Waals surface area contributed by atoms with Crippen molar-refractivity contribution in [2.45, 2.75) is 26.3 Å². The van der Waals surface area contributed by atoms with E-state index in [2.05, 4.69) is 5.10 Å². The van der Waals surface area contributed by atoms with Gasteiger partial charge in [-0.15, -0.1) is 0 Å². The second-order valence-electron chi connectivity index (χ2n) is 4.84. The molecular formula is C11H17N3O2. The van der Waals surface area contributed by atoms with Crippen LogP contribution in [-0.2, 0) is 5.54 Å². The van der Waals surface area contributed by atoms with Crippen molar-refractivity contribution in [2.24, 2.45) is 0 Å². The van der Waals surface area contributed by atoms with Crippen LogP contribution in [-0.4, -0.2) is 30.2 Å². The summed E-state index contributed by atoms with van der Waals surface area (Å²) >= 11 is 0. The van der Waals surface area contributed by atoms with Crippen LogP contribution in [0.3, 0.4) is 0 Å². The van der Waals surface area contributed by atoms with Crippen LogP contribution in [0.4, 0.5) is 5.69 Å². The van der Waals surface area contributed by atoms with Crippen molar-refractivity contribution in [3.05, 3.63) is 22.1 Å². The smallest absolute Gasteiger partial charge is 0.279 e. The third-order valence-corrected chi connectivity index (χ3v) is 2.23. The van der Waals surface area contributed by atoms with E-state index in [1.54, 1.807) is 19.0 Å². The lowest BCUT2D eigenvalue weighted by molar-refractivity contribution is 0.112. The first-order valence-corrected chi connectivity index (χ1v) is 5.04. The summed E-state index contributed by atoms with van der Waals surface area (Å²) in [4.78, 5) is 24.7. The molecule has 0 fully saturated rings. The minimum atomic E-state index is -0.431. The van der Waals surface area contributed by atoms with Crippen molar-refractivity contribution in [2.75, 3.05) is 19.0 Å². The fourth-order valence-electron chi connectivity index (χ4n) is 1.40. The van der Waals surface area contributed by atoms with E-state index >= 15 is 0 Å². The van der Waals surface area contributed by atoms with Crippen molar-refractivity contribution in [3.8, 4) is 0 Å². The lowest BCUT2D eigenvalue weighted by atomic mass is 10.1. The number of nitrogens with zero attached hydrogens (tertiary/aromatic N) is 3. The van der Waals surface area contributed by atoms with Gasteiger partial charge in [-0.3, -0.25) is 9.59 Å². The molecule has 0 spiro atoms. The van der Waals surface area contributed by atoms with Crippen LogP contribution in [0.2, 0.25) is 0 Å². The Kier molecular flexibility index (Phi) is 3.16. The van der Waals surface area contributed by atoms with E-state index < -0.39 is 5.54 Å². The summed E-state index contributed by atoms with van der Waals surface area (Å²) in [6, 6.07) is 0. The maximum absolute atomic E-state index is 12.0. The van der Waals surface area contributed by atoms with Gasteiger partial charge in [-0.1, -0.05) is 0 Å². The zero-order valence-corrected chi connectivity index (χ0v) is 10.3. The minimum Gasteiger partial charge on any atom is -0.376 e. The zero-order chi connectivity index (χ0) is 12.5. The van der Waals surface area contributed by atoms with Crippen molar-refractivity contribution in [1.29, 1.82) is 0 Å². The van der Waals surface area contributed by atoms with E-state index in [1.807, 2.05) is 20.8 Å². The van der Waals surface area contributed by atoms with Crippen molar-refractivity contribution < 1.29 is 4.79 Å². The van der Waals surface area contributed by atoms with E-state index in [9.17, 15) is 9.59 Å². The number of hydrogen-bond donors (Lipinski definition) is 0. The summed E-state index contributed by atoms with van der Waals surface area (Å²) in [7, 11) is 3.54. The maximum atomic E-state index is 12.0. The molecule has 0 aliphatic rings. The SMILES string of the molecule is CN(C)c1cnn(C(C)(C)C)c(=O)c1C=O. The molecule has 0 N–H and O–H groups in total. The largest absolute Gasteiger partial charge is 0.376 e. The number of carbonyl (C=O) groups excluding carboxylic acids is 1. The molecule has 1 aromatic heterocycles. The summed E-state index contributed by atoms with van der Waals surface area (Å²) in [5, 5.41) is 4.08. The molecule has 1 aromatic rings. The van der Waals surface area contributed by atoms with Gasteiger partial charge in [0.05, 0.1) is 17.4 Å². The van der Waals surface area contributed by atoms with Crippen LogP contribution in [0.5, 0.6) is 0 Å². The number of carbonyl (C=O) groups is 1. The van der Waals surface area contributed by atoms with Gasteiger partial charge in [0.15, 0.2) is 6.29 Å². The molecule has 1 rings (SSSR count). The molecule has 16 heavy (non-hydrogen) atoms. The van der Waals surface area contributed by atoms with Crippen molar-refractivity contribution in [3.63, 3.8) is 0 Å². The van der Waals surface area contributed by atoms with Crippen molar-refractivity contribution in [1.82, 2.24) is 9.78 Å². The molecule has 0 saturated heterocycles. The normalized spacial score (nSPS) is 11.3. The summed E-state index contributed by atoms with van der Waals surface area (Å²) in [5.74, 6) is 0. The van der Waals surface area contributed by atoms with E-state index in [4.69, 9.17) is 0 Å². The van der Waals surface area contributed by atoms with Gasteiger partial charge in [0.25, 0.3) is 5.56 Å². The molecule has 0 unspecified atom stereocenters. The van der Waals surface area contributed by atoms with Crippen LogP contribution >= 0.6 is 0 Å². The summed E-state index contributed by atoms with van der Waals surface area (Å²) in [6.45, 7) is 5.60. The highest BCUT2D eigenvalue weighted by Gasteiger charge is 2.20. The van der Waals surface area contributed by atoms with Gasteiger partial charge in [0.2, 0.25) is 0 Å². The molecule has 0 aliphatic heterocycles. The van der Waals surface area contributed by atoms with E-state index in [0.717, 1.165) is 0 Å². The highest BCUT2D eigenvalue weighted by atomic mass is 16.1. The van der Waals surface area contributed by atoms with Crippen LogP contribution in [0.25, 0.3) is 0 Å². The molecular weight excluding hydrogens is 206 g/mol. The van der Waals surface area contributed by atoms with E-state index in [0.29, 0.717) is 12.0 Å². The van der Waals surface area contributed by atoms with Gasteiger partial charge in [-0.05, 0) is 20.8 Å². The fraction of sp³-hybridized carbons (Fsp3) is 0.545. The minimum absolute atomic E-state index is 0.148. The third kappa shape index (κ3) is 2.13. The predicted octanol–water partition coefficient (Wildman–Crippen LogP) is 0.877. The highest BCUT2D eigenvalue weighted by Crippen LogP contribution is 2.14. The predicted molar refractivity (Wildman–Crippen MR) is 63.2 cm³/mol. The number of aldehydes is 1. The second kappa shape index (κ2) is 4.08. The van der Waals surface area contributed by atoms with Crippen molar-refractivity contribution >= 4 is 12.0 Å². The van der Waals surface area contributed by atoms with E-state index in [-0.39, 0.29) is 11.1 Å². The zero-order valence-electron chi connectivity index (χ0n) is 10.3. The molecule has 5 nitrogen and oxygen atoms in total. The molecule has 0 radical (unpaired) electrons. The first-order valence-electron chi connectivity index (χ1n) is 5.04. The standard InChI is InChI=1S/C11H17N3O2/c1-11(2,3)14-10(16)8(7-15)9(6-12-14)13(4)5/h6-7H,1-5H3. The Morgan fingerprint density at radius 1 is 1.38 bits per heavy atom. The quantitative estimate of drug-likeness (QED) is 0.698. The maximum Gasteiger partial charge on any atom is 0.279 e. The van der Waals surface area contributed by atoms with Crippen LogP contribution < -0.4 is 10.5 Å². The third-order valence-electron chi connectivity index (χ3n) is 2.23. The van der Waals surface area contributed by atoms with Gasteiger partial charge in [0.1, 0.15) is 5.56 Å². The van der Waals surface area contributed by atoms with Gasteiger partial charge in [0, 0.05) is 14.1 Å². The number of aromatic nitrogens is 2. The Balaban J connectivity index is 3.54. The number of anilines is 1. The van der Waals surface area contributed by atoms with Gasteiger partial charge >= 0.3 is 0 Å². The average molecular weight is 223 g/mol. The van der Waals surface area contributed by atoms with Gasteiger partial charge in [-0.2, -0.15) is 5.10 Å². The lowest BCUT2D eigenvalue weighted by Gasteiger charge is -2.22. The molecule has 1 heterocycles. The average Bonchev–Trinajstić information content (AvgIpc) is 2.14. The van der Waals surface area contributed by atoms with Crippen LogP contribution in [0.15, 0.2) is 11.0 Å². The summed E-state index contributed by atoms with van der Waals surface area (Å²) in [5.41, 5.74) is -0.0937. The summed E-state index contributed by atoms with van der Waals surface area (Å²) in [6.07, 6.45) is 2.12. The molecule has 0 bridgehead atoms. The monoisotopic (exact) mass is 223 g/mol. The molecule has 0 saturated carbocycles. The Morgan fingerprint density at radius 2 is 1.94 bits per heavy atom. The van der Waals surface area contributed by atoms with Crippen LogP contribution in [0.1, 0.15) is 31.1 Å². The Morgan fingerprint density at radius 3 is 2.31 bits per heavy atom. The van der Waals surface area contributed by atoms with Crippen LogP contribution in [0, 0.1) is 0 Å². The Hall–Kier alpha value is -1.65. The molecule has 0 aromatic carbocycles. The number of hydrogen-bond acceptors (Lipinski definition) is 4. The lowest BCUT2D eigenvalue weighted by Crippen LogP contribution is -2.38. The van der Waals surface area contributed by atoms with Gasteiger partial charge in [-0.25, -0.2) is 4.68 Å². The Bertz CT molecular complexity index is 455. The first-order chi connectivity index (χ1) is 7.29. The number of rotatable bonds is 2. The molecule has 0 amide bonds. The highest BCUT2D eigenvalue weighted by molar-refractivity contribution is 5.83. The molecule has 0 atom stereocenters. The molecule has 0 aliphatic carbocycles. The topological polar surface area (TPSA) is 55.2 Å². The Labute approximate surface area is 94.7 Å². The first kappa shape index (κ1) is 12.4. The molecule has 5 heteroatoms. The summed E-state index contributed by atoms with van der Waals surface area (Å²) < 4.78 is 1.32. The second-order valence-corrected chi connectivity index (χ2v) is 4.84. The van der Waals surface area contributed by atoms with E-state index in [1.165, 1.54) is 10.9 Å². The molecule has 88 valence electrons.